The summed E-state index contributed by atoms with van der Waals surface area (Å²) >= 11 is 0. The first-order valence-corrected chi connectivity index (χ1v) is 17.0. The lowest BCUT2D eigenvalue weighted by Gasteiger charge is -2.13. The van der Waals surface area contributed by atoms with Gasteiger partial charge in [0, 0.05) is 0 Å². The molecule has 6 rings (SSSR count). The van der Waals surface area contributed by atoms with Crippen LogP contribution in [0.1, 0.15) is 0 Å². The van der Waals surface area contributed by atoms with Crippen LogP contribution in [0.2, 0.25) is 0 Å². The molecule has 0 radical (unpaired) electrons. The molecule has 0 unspecified atom stereocenters. The first kappa shape index (κ1) is 33.8. The van der Waals surface area contributed by atoms with Crippen LogP contribution in [0, 0.1) is 0 Å². The highest BCUT2D eigenvalue weighted by molar-refractivity contribution is 7.48. The summed E-state index contributed by atoms with van der Waals surface area (Å²) in [6, 6.07) is 54.2. The molecule has 0 saturated heterocycles. The molecule has 6 aromatic rings. The summed E-state index contributed by atoms with van der Waals surface area (Å²) in [4.78, 5) is 19.1. The Morgan fingerprint density at radius 1 is 0.304 bits per heavy atom. The normalized spacial score (nSPS) is 10.6. The van der Waals surface area contributed by atoms with Crippen molar-refractivity contribution >= 4 is 15.6 Å². The first-order valence-electron chi connectivity index (χ1n) is 14.0. The van der Waals surface area contributed by atoms with Crippen LogP contribution in [0.15, 0.2) is 182 Å². The van der Waals surface area contributed by atoms with Gasteiger partial charge in [0.25, 0.3) is 0 Å². The molecule has 0 aliphatic rings. The minimum atomic E-state index is -4.14. The summed E-state index contributed by atoms with van der Waals surface area (Å²) < 4.78 is 42.9. The van der Waals surface area contributed by atoms with Crippen molar-refractivity contribution < 1.29 is 37.0 Å². The van der Waals surface area contributed by atoms with Crippen LogP contribution in [0.4, 0.5) is 0 Å². The molecule has 0 fully saturated rings. The Morgan fingerprint density at radius 3 is 0.674 bits per heavy atom. The van der Waals surface area contributed by atoms with Crippen LogP contribution >= 0.6 is 15.6 Å². The molecule has 0 aliphatic heterocycles. The van der Waals surface area contributed by atoms with Crippen LogP contribution in [-0.2, 0) is 9.13 Å². The van der Waals surface area contributed by atoms with Crippen molar-refractivity contribution in [1.29, 1.82) is 0 Å². The van der Waals surface area contributed by atoms with Crippen LogP contribution < -0.4 is 18.1 Å². The standard InChI is InChI=1S/2C12H11O4P.C12H10/c2*13-17(14,15-11-7-3-1-4-8-11)16-12-9-5-2-6-10-12;1-3-7-11(8-4-1)12-9-5-2-6-10-12/h2*1-10H,(H,13,14);1-10H. The van der Waals surface area contributed by atoms with Gasteiger partial charge in [-0.1, -0.05) is 133 Å². The maximum atomic E-state index is 11.7. The molecule has 46 heavy (non-hydrogen) atoms. The van der Waals surface area contributed by atoms with Crippen LogP contribution in [-0.4, -0.2) is 9.79 Å². The zero-order valence-corrected chi connectivity index (χ0v) is 26.3. The van der Waals surface area contributed by atoms with Gasteiger partial charge in [0.05, 0.1) is 0 Å². The van der Waals surface area contributed by atoms with E-state index in [1.165, 1.54) is 11.1 Å². The molecule has 0 atom stereocenters. The van der Waals surface area contributed by atoms with E-state index in [1.54, 1.807) is 121 Å². The van der Waals surface area contributed by atoms with Gasteiger partial charge in [-0.25, -0.2) is 9.13 Å². The first-order chi connectivity index (χ1) is 22.3. The van der Waals surface area contributed by atoms with E-state index in [9.17, 15) is 18.9 Å². The molecule has 0 amide bonds. The minimum Gasteiger partial charge on any atom is -0.395 e. The van der Waals surface area contributed by atoms with Gasteiger partial charge >= 0.3 is 15.6 Å². The highest BCUT2D eigenvalue weighted by atomic mass is 31.2. The Bertz CT molecular complexity index is 1570. The zero-order chi connectivity index (χ0) is 32.5. The number of hydrogen-bond acceptors (Lipinski definition) is 6. The van der Waals surface area contributed by atoms with Crippen molar-refractivity contribution in [2.45, 2.75) is 0 Å². The maximum absolute atomic E-state index is 11.7. The summed E-state index contributed by atoms with van der Waals surface area (Å²) in [6.45, 7) is 0. The van der Waals surface area contributed by atoms with Gasteiger partial charge in [0.15, 0.2) is 0 Å². The largest absolute Gasteiger partial charge is 0.584 e. The fourth-order valence-electron chi connectivity index (χ4n) is 3.76. The van der Waals surface area contributed by atoms with Crippen LogP contribution in [0.25, 0.3) is 11.1 Å². The Kier molecular flexibility index (Phi) is 12.8. The number of hydrogen-bond donors (Lipinski definition) is 2. The third-order valence-corrected chi connectivity index (χ3v) is 7.50. The van der Waals surface area contributed by atoms with Gasteiger partial charge in [-0.3, -0.25) is 9.79 Å². The van der Waals surface area contributed by atoms with E-state index in [1.807, 2.05) is 12.1 Å². The van der Waals surface area contributed by atoms with Crippen LogP contribution in [0.3, 0.4) is 0 Å². The summed E-state index contributed by atoms with van der Waals surface area (Å²) in [5.41, 5.74) is 2.55. The molecule has 0 aromatic heterocycles. The van der Waals surface area contributed by atoms with Crippen molar-refractivity contribution in [3.05, 3.63) is 182 Å². The van der Waals surface area contributed by atoms with Crippen molar-refractivity contribution in [2.75, 3.05) is 0 Å². The van der Waals surface area contributed by atoms with E-state index in [0.717, 1.165) is 0 Å². The van der Waals surface area contributed by atoms with E-state index in [-0.39, 0.29) is 23.0 Å². The van der Waals surface area contributed by atoms with E-state index in [0.29, 0.717) is 0 Å². The molecule has 0 spiro atoms. The predicted molar refractivity (Wildman–Crippen MR) is 180 cm³/mol. The molecule has 6 aromatic carbocycles. The Labute approximate surface area is 268 Å². The lowest BCUT2D eigenvalue weighted by atomic mass is 10.1. The van der Waals surface area contributed by atoms with Gasteiger partial charge in [0.1, 0.15) is 23.0 Å². The summed E-state index contributed by atoms with van der Waals surface area (Å²) in [7, 11) is -8.27. The lowest BCUT2D eigenvalue weighted by Crippen LogP contribution is -1.99. The SMILES string of the molecule is O=P(O)(Oc1ccccc1)Oc1ccccc1.O=P(O)(Oc1ccccc1)Oc1ccccc1.c1ccc(-c2ccccc2)cc1. The Hall–Kier alpha value is -5.10. The predicted octanol–water partition coefficient (Wildman–Crippen LogP) is 9.84. The monoisotopic (exact) mass is 654 g/mol. The van der Waals surface area contributed by atoms with Gasteiger partial charge in [-0.2, -0.15) is 0 Å². The molecule has 8 nitrogen and oxygen atoms in total. The van der Waals surface area contributed by atoms with E-state index >= 15 is 0 Å². The van der Waals surface area contributed by atoms with Gasteiger partial charge < -0.3 is 18.1 Å². The van der Waals surface area contributed by atoms with E-state index in [2.05, 4.69) is 48.5 Å². The van der Waals surface area contributed by atoms with Gasteiger partial charge in [-0.05, 0) is 59.7 Å². The number of benzene rings is 6. The zero-order valence-electron chi connectivity index (χ0n) is 24.6. The fourth-order valence-corrected chi connectivity index (χ4v) is 5.38. The molecule has 0 heterocycles. The van der Waals surface area contributed by atoms with Gasteiger partial charge in [0.2, 0.25) is 0 Å². The van der Waals surface area contributed by atoms with Crippen molar-refractivity contribution in [2.24, 2.45) is 0 Å². The number of phosphoric acid groups is 2. The second kappa shape index (κ2) is 17.4. The summed E-state index contributed by atoms with van der Waals surface area (Å²) in [5, 5.41) is 0. The molecule has 2 N–H and O–H groups in total. The maximum Gasteiger partial charge on any atom is 0.584 e. The Balaban J connectivity index is 0.000000159. The second-order valence-corrected chi connectivity index (χ2v) is 11.9. The molecule has 0 aliphatic carbocycles. The quantitative estimate of drug-likeness (QED) is 0.148. The molecule has 0 saturated carbocycles. The second-order valence-electron chi connectivity index (χ2n) is 9.29. The highest BCUT2D eigenvalue weighted by Gasteiger charge is 2.25. The van der Waals surface area contributed by atoms with Crippen LogP contribution in [0.5, 0.6) is 23.0 Å². The van der Waals surface area contributed by atoms with Gasteiger partial charge in [-0.15, -0.1) is 0 Å². The van der Waals surface area contributed by atoms with E-state index < -0.39 is 15.6 Å². The highest BCUT2D eigenvalue weighted by Crippen LogP contribution is 2.45. The molecule has 10 heteroatoms. The minimum absolute atomic E-state index is 0.286. The summed E-state index contributed by atoms with van der Waals surface area (Å²) in [6.07, 6.45) is 0. The van der Waals surface area contributed by atoms with Crippen molar-refractivity contribution in [1.82, 2.24) is 0 Å². The smallest absolute Gasteiger partial charge is 0.395 e. The third-order valence-electron chi connectivity index (χ3n) is 5.74. The third kappa shape index (κ3) is 12.5. The lowest BCUT2D eigenvalue weighted by molar-refractivity contribution is 0.289. The number of rotatable bonds is 9. The average molecular weight is 655 g/mol. The number of para-hydroxylation sites is 4. The fraction of sp³-hybridized carbons (Fsp3) is 0. The summed E-state index contributed by atoms with van der Waals surface area (Å²) in [5.74, 6) is 1.15. The average Bonchev–Trinajstić information content (AvgIpc) is 3.07. The Morgan fingerprint density at radius 2 is 0.478 bits per heavy atom. The molecular weight excluding hydrogens is 622 g/mol. The van der Waals surface area contributed by atoms with Crippen molar-refractivity contribution in [3.8, 4) is 34.1 Å². The topological polar surface area (TPSA) is 112 Å². The molecule has 0 bridgehead atoms. The molecular formula is C36H32O8P2. The molecule has 234 valence electrons. The van der Waals surface area contributed by atoms with E-state index in [4.69, 9.17) is 18.1 Å². The van der Waals surface area contributed by atoms with Crippen molar-refractivity contribution in [3.63, 3.8) is 0 Å². The number of phosphoric ester groups is 2.